The highest BCUT2D eigenvalue weighted by molar-refractivity contribution is 6.56. The summed E-state index contributed by atoms with van der Waals surface area (Å²) in [6.45, 7) is 4.59. The maximum Gasteiger partial charge on any atom is 0.331 e. The van der Waals surface area contributed by atoms with Gasteiger partial charge in [-0.3, -0.25) is 20.2 Å². The maximum absolute atomic E-state index is 11.9. The van der Waals surface area contributed by atoms with E-state index in [4.69, 9.17) is 126 Å². The van der Waals surface area contributed by atoms with Crippen LogP contribution in [-0.2, 0) is 4.74 Å². The molecule has 364 valence electrons. The van der Waals surface area contributed by atoms with Crippen LogP contribution in [0.5, 0.6) is 35.0 Å². The van der Waals surface area contributed by atoms with Gasteiger partial charge in [0.1, 0.15) is 45.9 Å². The summed E-state index contributed by atoms with van der Waals surface area (Å²) in [5.74, 6) is 0.190. The summed E-state index contributed by atoms with van der Waals surface area (Å²) in [5, 5.41) is 24.4. The molecule has 2 heterocycles. The maximum atomic E-state index is 11.9. The molecule has 0 aliphatic heterocycles. The van der Waals surface area contributed by atoms with Gasteiger partial charge in [-0.2, -0.15) is 9.97 Å². The van der Waals surface area contributed by atoms with E-state index in [9.17, 15) is 20.2 Å². The molecule has 0 aliphatic rings. The van der Waals surface area contributed by atoms with E-state index in [1.807, 2.05) is 13.8 Å². The highest BCUT2D eigenvalue weighted by Gasteiger charge is 2.27. The van der Waals surface area contributed by atoms with Crippen LogP contribution in [0.1, 0.15) is 88.5 Å². The number of hydrogen-bond donors (Lipinski definition) is 0. The summed E-state index contributed by atoms with van der Waals surface area (Å²) in [6, 6.07) is 11.3. The second kappa shape index (κ2) is 29.2. The van der Waals surface area contributed by atoms with Crippen LogP contribution in [0.3, 0.4) is 0 Å². The zero-order chi connectivity index (χ0) is 48.9. The number of aromatic nitrogens is 2. The van der Waals surface area contributed by atoms with E-state index >= 15 is 0 Å². The Bertz CT molecular complexity index is 2130. The minimum atomic E-state index is -0.930. The van der Waals surface area contributed by atoms with Crippen LogP contribution in [-0.4, -0.2) is 59.5 Å². The monoisotopic (exact) mass is 1090 g/mol. The van der Waals surface area contributed by atoms with Crippen LogP contribution in [0, 0.1) is 20.2 Å². The molecule has 2 aromatic heterocycles. The van der Waals surface area contributed by atoms with Crippen molar-refractivity contribution in [2.45, 2.75) is 77.4 Å². The Morgan fingerprint density at radius 1 is 0.582 bits per heavy atom. The van der Waals surface area contributed by atoms with Crippen LogP contribution in [0.15, 0.2) is 69.7 Å². The number of pyridine rings is 2. The van der Waals surface area contributed by atoms with Gasteiger partial charge in [0, 0.05) is 48.2 Å². The van der Waals surface area contributed by atoms with E-state index in [-0.39, 0.29) is 116 Å². The van der Waals surface area contributed by atoms with Gasteiger partial charge in [-0.15, -0.1) is 0 Å². The van der Waals surface area contributed by atoms with E-state index in [1.54, 1.807) is 0 Å². The Hall–Kier alpha value is -3.90. The molecule has 15 nitrogen and oxygen atoms in total. The minimum Gasteiger partial charge on any atom is -0.489 e. The predicted octanol–water partition coefficient (Wildman–Crippen LogP) is 15.2. The number of unbranched alkanes of at least 4 members (excludes halogenated alkanes) is 4. The van der Waals surface area contributed by atoms with Crippen molar-refractivity contribution in [3.8, 4) is 35.0 Å². The zero-order valence-corrected chi connectivity index (χ0v) is 42.2. The lowest BCUT2D eigenvalue weighted by molar-refractivity contribution is -0.386. The Labute approximate surface area is 427 Å². The van der Waals surface area contributed by atoms with Crippen LogP contribution in [0.4, 0.5) is 11.4 Å². The normalized spacial score (nSPS) is 11.9. The van der Waals surface area contributed by atoms with Crippen molar-refractivity contribution in [1.82, 2.24) is 9.97 Å². The first-order chi connectivity index (χ1) is 32.1. The molecule has 0 spiro atoms. The second-order valence-corrected chi connectivity index (χ2v) is 17.8. The fourth-order valence-electron chi connectivity index (χ4n) is 6.10. The zero-order valence-electron chi connectivity index (χ0n) is 36.1. The number of hydrogen-bond acceptors (Lipinski definition) is 13. The van der Waals surface area contributed by atoms with E-state index in [1.165, 1.54) is 60.7 Å². The summed E-state index contributed by atoms with van der Waals surface area (Å²) < 4.78 is 41.7. The van der Waals surface area contributed by atoms with Crippen molar-refractivity contribution in [3.63, 3.8) is 0 Å². The Balaban J connectivity index is 1.62. The van der Waals surface area contributed by atoms with E-state index in [2.05, 4.69) is 9.97 Å². The quantitative estimate of drug-likeness (QED) is 0.0274. The Morgan fingerprint density at radius 3 is 1.28 bits per heavy atom. The molecule has 67 heavy (non-hydrogen) atoms. The third kappa shape index (κ3) is 18.5. The second-order valence-electron chi connectivity index (χ2n) is 14.2. The standard InChI is InChI=1S/C44H46Cl8N4O11/c1-3-5-7-17-64-43-33(55(57)58)9-11-39(53-43)66-35(41-29(45)23-27(24-30(41)46)62-21-15-37(49)50)13-19-61-20-14-36(42-31(47)25-28(26-32(42)48)63-22-16-38(51)52)67-40-12-10-34(56(59)60)44(54-40)65-18-8-6-4-2/h9-12,15-16,23-26,35-36H,3-8,13-14,17-22H2,1-2H3. The topological polar surface area (TPSA) is 177 Å². The number of halogens is 8. The van der Waals surface area contributed by atoms with Crippen LogP contribution in [0.25, 0.3) is 0 Å². The number of nitrogens with zero attached hydrogens (tertiary/aromatic N) is 4. The highest BCUT2D eigenvalue weighted by atomic mass is 35.5. The number of nitro groups is 2. The Morgan fingerprint density at radius 2 is 0.955 bits per heavy atom. The van der Waals surface area contributed by atoms with Crippen molar-refractivity contribution in [2.24, 2.45) is 0 Å². The van der Waals surface area contributed by atoms with Crippen molar-refractivity contribution in [3.05, 3.63) is 121 Å². The summed E-state index contributed by atoms with van der Waals surface area (Å²) in [5.41, 5.74) is 0.0245. The van der Waals surface area contributed by atoms with Crippen molar-refractivity contribution in [2.75, 3.05) is 39.6 Å². The summed E-state index contributed by atoms with van der Waals surface area (Å²) in [6.07, 6.45) is 6.15. The Kier molecular flexibility index (Phi) is 24.3. The molecule has 0 N–H and O–H groups in total. The molecule has 0 fully saturated rings. The number of ether oxygens (including phenoxy) is 7. The fourth-order valence-corrected chi connectivity index (χ4v) is 7.77. The van der Waals surface area contributed by atoms with Crippen LogP contribution >= 0.6 is 92.8 Å². The van der Waals surface area contributed by atoms with Crippen molar-refractivity contribution >= 4 is 104 Å². The molecule has 23 heteroatoms. The van der Waals surface area contributed by atoms with Crippen molar-refractivity contribution in [1.29, 1.82) is 0 Å². The lowest BCUT2D eigenvalue weighted by Crippen LogP contribution is -2.16. The van der Waals surface area contributed by atoms with Gasteiger partial charge in [-0.25, -0.2) is 0 Å². The van der Waals surface area contributed by atoms with Gasteiger partial charge >= 0.3 is 11.4 Å². The van der Waals surface area contributed by atoms with Gasteiger partial charge in [0.05, 0.1) is 56.4 Å². The molecular formula is C44H46Cl8N4O11. The van der Waals surface area contributed by atoms with Crippen LogP contribution in [0.2, 0.25) is 20.1 Å². The molecule has 4 aromatic rings. The number of benzene rings is 2. The van der Waals surface area contributed by atoms with Gasteiger partial charge in [0.25, 0.3) is 11.8 Å². The van der Waals surface area contributed by atoms with Gasteiger partial charge in [-0.1, -0.05) is 132 Å². The minimum absolute atomic E-state index is 0.00768. The molecule has 2 atom stereocenters. The molecule has 0 radical (unpaired) electrons. The molecule has 2 aromatic carbocycles. The van der Waals surface area contributed by atoms with Crippen LogP contribution < -0.4 is 28.4 Å². The lowest BCUT2D eigenvalue weighted by atomic mass is 10.1. The third-order valence-electron chi connectivity index (χ3n) is 9.30. The van der Waals surface area contributed by atoms with E-state index in [0.717, 1.165) is 25.7 Å². The smallest absolute Gasteiger partial charge is 0.331 e. The van der Waals surface area contributed by atoms with Gasteiger partial charge < -0.3 is 33.2 Å². The lowest BCUT2D eigenvalue weighted by Gasteiger charge is -2.23. The molecule has 0 bridgehead atoms. The first-order valence-corrected chi connectivity index (χ1v) is 23.9. The average Bonchev–Trinajstić information content (AvgIpc) is 3.25. The molecular weight excluding hydrogens is 1040 g/mol. The van der Waals surface area contributed by atoms with Crippen molar-refractivity contribution < 1.29 is 43.0 Å². The molecule has 4 rings (SSSR count). The van der Waals surface area contributed by atoms with E-state index < -0.39 is 22.1 Å². The van der Waals surface area contributed by atoms with Gasteiger partial charge in [0.2, 0.25) is 11.8 Å². The number of rotatable bonds is 30. The molecule has 0 amide bonds. The molecule has 0 saturated heterocycles. The molecule has 2 unspecified atom stereocenters. The highest BCUT2D eigenvalue weighted by Crippen LogP contribution is 2.41. The van der Waals surface area contributed by atoms with Gasteiger partial charge in [-0.05, 0) is 49.3 Å². The average molecular weight is 1090 g/mol. The first-order valence-electron chi connectivity index (χ1n) is 20.8. The SMILES string of the molecule is CCCCCOc1nc(OC(CCOCCC(Oc2ccc([N+](=O)[O-])c(OCCCCC)n2)c2c(Cl)cc(OCC=C(Cl)Cl)cc2Cl)c2c(Cl)cc(OCC=C(Cl)Cl)cc2Cl)ccc1[N+](=O)[O-]. The molecule has 0 aliphatic carbocycles. The predicted molar refractivity (Wildman–Crippen MR) is 262 cm³/mol. The molecule has 0 saturated carbocycles. The van der Waals surface area contributed by atoms with E-state index in [0.29, 0.717) is 35.5 Å². The third-order valence-corrected chi connectivity index (χ3v) is 11.2. The summed E-state index contributed by atoms with van der Waals surface area (Å²) in [7, 11) is 0. The largest absolute Gasteiger partial charge is 0.489 e. The fraction of sp³-hybridized carbons (Fsp3) is 0.409. The summed E-state index contributed by atoms with van der Waals surface area (Å²) in [4.78, 5) is 31.2. The summed E-state index contributed by atoms with van der Waals surface area (Å²) >= 11 is 50.2. The first kappa shape index (κ1) is 55.7. The van der Waals surface area contributed by atoms with Gasteiger partial charge in [0.15, 0.2) is 0 Å².